The highest BCUT2D eigenvalue weighted by molar-refractivity contribution is 5.01. The quantitative estimate of drug-likeness (QED) is 0.660. The van der Waals surface area contributed by atoms with Crippen LogP contribution in [0.1, 0.15) is 33.1 Å². The summed E-state index contributed by atoms with van der Waals surface area (Å²) in [5.41, 5.74) is 0.272. The first-order valence-corrected chi connectivity index (χ1v) is 5.56. The maximum absolute atomic E-state index is 9.35. The Morgan fingerprint density at radius 1 is 1.43 bits per heavy atom. The van der Waals surface area contributed by atoms with Crippen LogP contribution in [-0.4, -0.2) is 36.5 Å². The Kier molecular flexibility index (Phi) is 2.58. The maximum atomic E-state index is 9.35. The van der Waals surface area contributed by atoms with Crippen LogP contribution in [0, 0.1) is 5.41 Å². The summed E-state index contributed by atoms with van der Waals surface area (Å²) in [5, 5.41) is 12.7. The van der Waals surface area contributed by atoms with Gasteiger partial charge in [-0.05, 0) is 45.1 Å². The first-order valence-electron chi connectivity index (χ1n) is 5.56. The summed E-state index contributed by atoms with van der Waals surface area (Å²) in [7, 11) is 0. The lowest BCUT2D eigenvalue weighted by molar-refractivity contribution is -0.111. The molecule has 14 heavy (non-hydrogen) atoms. The largest absolute Gasteiger partial charge is 0.395 e. The number of aliphatic hydroxyl groups excluding tert-OH is 1. The number of rotatable bonds is 1. The van der Waals surface area contributed by atoms with Gasteiger partial charge < -0.3 is 15.2 Å². The first kappa shape index (κ1) is 10.4. The van der Waals surface area contributed by atoms with Gasteiger partial charge in [-0.3, -0.25) is 0 Å². The van der Waals surface area contributed by atoms with Crippen molar-refractivity contribution in [2.24, 2.45) is 5.41 Å². The molecule has 2 fully saturated rings. The predicted molar refractivity (Wildman–Crippen MR) is 55.2 cm³/mol. The highest BCUT2D eigenvalue weighted by atomic mass is 16.5. The summed E-state index contributed by atoms with van der Waals surface area (Å²) in [5.74, 6) is 0. The van der Waals surface area contributed by atoms with Gasteiger partial charge in [0.25, 0.3) is 0 Å². The minimum absolute atomic E-state index is 0.0162. The molecule has 82 valence electrons. The molecule has 2 N–H and O–H groups in total. The standard InChI is InChI=1S/C11H21NO2/c1-10(2)8-11(4-6-14-10)3-5-12-9(11)7-13/h9,12-13H,3-8H2,1-2H3. The molecule has 0 bridgehead atoms. The molecular formula is C11H21NO2. The second kappa shape index (κ2) is 3.47. The van der Waals surface area contributed by atoms with E-state index in [-0.39, 0.29) is 23.7 Å². The summed E-state index contributed by atoms with van der Waals surface area (Å²) < 4.78 is 5.74. The van der Waals surface area contributed by atoms with Crippen molar-refractivity contribution in [3.8, 4) is 0 Å². The highest BCUT2D eigenvalue weighted by Gasteiger charge is 2.48. The molecule has 0 radical (unpaired) electrons. The van der Waals surface area contributed by atoms with E-state index in [1.54, 1.807) is 0 Å². The van der Waals surface area contributed by atoms with Gasteiger partial charge in [0.2, 0.25) is 0 Å². The zero-order valence-electron chi connectivity index (χ0n) is 9.18. The van der Waals surface area contributed by atoms with Crippen LogP contribution in [0.15, 0.2) is 0 Å². The Balaban J connectivity index is 2.14. The molecule has 0 saturated carbocycles. The Morgan fingerprint density at radius 2 is 2.21 bits per heavy atom. The normalized spacial score (nSPS) is 41.8. The van der Waals surface area contributed by atoms with Gasteiger partial charge in [-0.15, -0.1) is 0 Å². The molecule has 2 rings (SSSR count). The van der Waals surface area contributed by atoms with E-state index in [2.05, 4.69) is 19.2 Å². The van der Waals surface area contributed by atoms with Crippen molar-refractivity contribution >= 4 is 0 Å². The molecular weight excluding hydrogens is 178 g/mol. The zero-order valence-corrected chi connectivity index (χ0v) is 9.18. The lowest BCUT2D eigenvalue weighted by Gasteiger charge is -2.45. The number of aliphatic hydroxyl groups is 1. The molecule has 3 heteroatoms. The summed E-state index contributed by atoms with van der Waals surface area (Å²) in [6, 6.07) is 0.283. The molecule has 2 saturated heterocycles. The summed E-state index contributed by atoms with van der Waals surface area (Å²) in [6.07, 6.45) is 3.35. The third kappa shape index (κ3) is 1.69. The van der Waals surface area contributed by atoms with Gasteiger partial charge in [0.05, 0.1) is 12.2 Å². The van der Waals surface area contributed by atoms with Crippen LogP contribution in [0.2, 0.25) is 0 Å². The van der Waals surface area contributed by atoms with Gasteiger partial charge >= 0.3 is 0 Å². The Hall–Kier alpha value is -0.120. The third-order valence-electron chi connectivity index (χ3n) is 3.81. The van der Waals surface area contributed by atoms with Crippen molar-refractivity contribution in [2.75, 3.05) is 19.8 Å². The molecule has 1 spiro atoms. The number of hydrogen-bond donors (Lipinski definition) is 2. The lowest BCUT2D eigenvalue weighted by atomic mass is 9.69. The van der Waals surface area contributed by atoms with Crippen molar-refractivity contribution in [3.63, 3.8) is 0 Å². The monoisotopic (exact) mass is 199 g/mol. The molecule has 3 nitrogen and oxygen atoms in total. The molecule has 2 aliphatic rings. The van der Waals surface area contributed by atoms with Crippen LogP contribution in [0.4, 0.5) is 0 Å². The van der Waals surface area contributed by atoms with Gasteiger partial charge in [-0.2, -0.15) is 0 Å². The van der Waals surface area contributed by atoms with Gasteiger partial charge in [0.15, 0.2) is 0 Å². The van der Waals surface area contributed by atoms with Crippen LogP contribution in [0.25, 0.3) is 0 Å². The minimum Gasteiger partial charge on any atom is -0.395 e. The van der Waals surface area contributed by atoms with Gasteiger partial charge in [0.1, 0.15) is 0 Å². The molecule has 0 aromatic heterocycles. The second-order valence-corrected chi connectivity index (χ2v) is 5.34. The smallest absolute Gasteiger partial charge is 0.0632 e. The maximum Gasteiger partial charge on any atom is 0.0632 e. The van der Waals surface area contributed by atoms with E-state index in [1.165, 1.54) is 6.42 Å². The molecule has 0 aromatic carbocycles. The Labute approximate surface area is 85.8 Å². The van der Waals surface area contributed by atoms with E-state index >= 15 is 0 Å². The molecule has 2 aliphatic heterocycles. The van der Waals surface area contributed by atoms with Gasteiger partial charge in [-0.25, -0.2) is 0 Å². The average molecular weight is 199 g/mol. The van der Waals surface area contributed by atoms with Crippen LogP contribution in [0.5, 0.6) is 0 Å². The van der Waals surface area contributed by atoms with E-state index in [9.17, 15) is 5.11 Å². The molecule has 0 amide bonds. The zero-order chi connectivity index (χ0) is 10.2. The van der Waals surface area contributed by atoms with E-state index in [0.29, 0.717) is 0 Å². The van der Waals surface area contributed by atoms with Crippen LogP contribution >= 0.6 is 0 Å². The van der Waals surface area contributed by atoms with E-state index in [1.807, 2.05) is 0 Å². The Bertz CT molecular complexity index is 217. The topological polar surface area (TPSA) is 41.5 Å². The van der Waals surface area contributed by atoms with Gasteiger partial charge in [-0.1, -0.05) is 0 Å². The van der Waals surface area contributed by atoms with Crippen LogP contribution in [-0.2, 0) is 4.74 Å². The highest BCUT2D eigenvalue weighted by Crippen LogP contribution is 2.46. The fraction of sp³-hybridized carbons (Fsp3) is 1.00. The predicted octanol–water partition coefficient (Wildman–Crippen LogP) is 0.916. The van der Waals surface area contributed by atoms with Crippen LogP contribution < -0.4 is 5.32 Å². The molecule has 0 aromatic rings. The van der Waals surface area contributed by atoms with Crippen LogP contribution in [0.3, 0.4) is 0 Å². The van der Waals surface area contributed by atoms with Crippen molar-refractivity contribution in [2.45, 2.75) is 44.8 Å². The number of nitrogens with one attached hydrogen (secondary N) is 1. The van der Waals surface area contributed by atoms with Crippen molar-refractivity contribution in [1.82, 2.24) is 5.32 Å². The summed E-state index contributed by atoms with van der Waals surface area (Å²) in [4.78, 5) is 0. The van der Waals surface area contributed by atoms with E-state index < -0.39 is 0 Å². The molecule has 2 unspecified atom stereocenters. The van der Waals surface area contributed by atoms with E-state index in [0.717, 1.165) is 26.0 Å². The van der Waals surface area contributed by atoms with Crippen molar-refractivity contribution in [1.29, 1.82) is 0 Å². The average Bonchev–Trinajstić information content (AvgIpc) is 2.45. The third-order valence-corrected chi connectivity index (χ3v) is 3.81. The molecule has 2 heterocycles. The first-order chi connectivity index (χ1) is 6.58. The second-order valence-electron chi connectivity index (χ2n) is 5.34. The summed E-state index contributed by atoms with van der Waals surface area (Å²) >= 11 is 0. The Morgan fingerprint density at radius 3 is 2.86 bits per heavy atom. The fourth-order valence-electron chi connectivity index (χ4n) is 3.17. The fourth-order valence-corrected chi connectivity index (χ4v) is 3.17. The lowest BCUT2D eigenvalue weighted by Crippen LogP contribution is -2.48. The number of ether oxygens (including phenoxy) is 1. The molecule has 2 atom stereocenters. The summed E-state index contributed by atoms with van der Waals surface area (Å²) in [6.45, 7) is 6.45. The van der Waals surface area contributed by atoms with E-state index in [4.69, 9.17) is 4.74 Å². The number of hydrogen-bond acceptors (Lipinski definition) is 3. The van der Waals surface area contributed by atoms with Gasteiger partial charge in [0, 0.05) is 12.6 Å². The minimum atomic E-state index is -0.0162. The van der Waals surface area contributed by atoms with Crippen molar-refractivity contribution < 1.29 is 9.84 Å². The molecule has 0 aliphatic carbocycles. The van der Waals surface area contributed by atoms with Crippen molar-refractivity contribution in [3.05, 3.63) is 0 Å². The SMILES string of the molecule is CC1(C)CC2(CCNC2CO)CCO1.